The summed E-state index contributed by atoms with van der Waals surface area (Å²) in [5, 5.41) is 9.56. The molecule has 1 aromatic rings. The van der Waals surface area contributed by atoms with Crippen LogP contribution in [0, 0.1) is 16.7 Å². The summed E-state index contributed by atoms with van der Waals surface area (Å²) in [4.78, 5) is 0. The zero-order valence-corrected chi connectivity index (χ0v) is 12.4. The SMILES string of the molecule is CCOc1ccccc1OCCC1(C#N)CC2CCC1O2. The Kier molecular flexibility index (Phi) is 4.03. The topological polar surface area (TPSA) is 51.5 Å². The van der Waals surface area contributed by atoms with Gasteiger partial charge in [-0.15, -0.1) is 0 Å². The van der Waals surface area contributed by atoms with Crippen molar-refractivity contribution in [2.45, 2.75) is 44.8 Å². The van der Waals surface area contributed by atoms with E-state index in [4.69, 9.17) is 14.2 Å². The summed E-state index contributed by atoms with van der Waals surface area (Å²) in [7, 11) is 0. The highest BCUT2D eigenvalue weighted by Crippen LogP contribution is 2.49. The monoisotopic (exact) mass is 287 g/mol. The van der Waals surface area contributed by atoms with E-state index in [1.807, 2.05) is 31.2 Å². The van der Waals surface area contributed by atoms with Crippen LogP contribution < -0.4 is 9.47 Å². The standard InChI is InChI=1S/C17H21NO3/c1-2-19-14-5-3-4-6-15(14)20-10-9-17(12-18)11-13-7-8-16(17)21-13/h3-6,13,16H,2,7-11H2,1H3. The van der Waals surface area contributed by atoms with Gasteiger partial charge in [0, 0.05) is 6.42 Å². The van der Waals surface area contributed by atoms with Gasteiger partial charge in [0.1, 0.15) is 0 Å². The predicted octanol–water partition coefficient (Wildman–Crippen LogP) is 3.32. The van der Waals surface area contributed by atoms with Gasteiger partial charge in [0.25, 0.3) is 0 Å². The van der Waals surface area contributed by atoms with Crippen molar-refractivity contribution in [3.8, 4) is 17.6 Å². The minimum absolute atomic E-state index is 0.0956. The predicted molar refractivity (Wildman–Crippen MR) is 78.3 cm³/mol. The van der Waals surface area contributed by atoms with E-state index in [2.05, 4.69) is 6.07 Å². The molecule has 2 aliphatic rings. The molecule has 0 aromatic heterocycles. The van der Waals surface area contributed by atoms with Crippen molar-refractivity contribution in [1.29, 1.82) is 5.26 Å². The third kappa shape index (κ3) is 2.71. The van der Waals surface area contributed by atoms with Crippen LogP contribution in [0.5, 0.6) is 11.5 Å². The van der Waals surface area contributed by atoms with Gasteiger partial charge in [-0.05, 0) is 38.3 Å². The Hall–Kier alpha value is -1.73. The number of benzene rings is 1. The highest BCUT2D eigenvalue weighted by Gasteiger charge is 2.52. The number of para-hydroxylation sites is 2. The number of ether oxygens (including phenoxy) is 3. The maximum absolute atomic E-state index is 9.56. The molecule has 3 atom stereocenters. The number of hydrogen-bond donors (Lipinski definition) is 0. The van der Waals surface area contributed by atoms with E-state index >= 15 is 0 Å². The molecule has 21 heavy (non-hydrogen) atoms. The summed E-state index contributed by atoms with van der Waals surface area (Å²) in [5.74, 6) is 1.51. The number of fused-ring (bicyclic) bond motifs is 2. The van der Waals surface area contributed by atoms with Crippen molar-refractivity contribution in [2.24, 2.45) is 5.41 Å². The van der Waals surface area contributed by atoms with Crippen LogP contribution in [0.25, 0.3) is 0 Å². The van der Waals surface area contributed by atoms with Crippen LogP contribution >= 0.6 is 0 Å². The Balaban J connectivity index is 1.60. The minimum Gasteiger partial charge on any atom is -0.490 e. The van der Waals surface area contributed by atoms with Gasteiger partial charge in [-0.25, -0.2) is 0 Å². The Bertz CT molecular complexity index is 539. The van der Waals surface area contributed by atoms with Crippen LogP contribution in [0.1, 0.15) is 32.6 Å². The van der Waals surface area contributed by atoms with Crippen molar-refractivity contribution in [3.63, 3.8) is 0 Å². The summed E-state index contributed by atoms with van der Waals surface area (Å²) in [5.41, 5.74) is -0.358. The van der Waals surface area contributed by atoms with Crippen LogP contribution in [0.3, 0.4) is 0 Å². The van der Waals surface area contributed by atoms with Crippen LogP contribution in [-0.2, 0) is 4.74 Å². The average molecular weight is 287 g/mol. The first kappa shape index (κ1) is 14.2. The van der Waals surface area contributed by atoms with Gasteiger partial charge in [-0.2, -0.15) is 5.26 Å². The van der Waals surface area contributed by atoms with Crippen LogP contribution in [0.2, 0.25) is 0 Å². The van der Waals surface area contributed by atoms with Crippen molar-refractivity contribution >= 4 is 0 Å². The number of rotatable bonds is 6. The zero-order chi connectivity index (χ0) is 14.7. The quantitative estimate of drug-likeness (QED) is 0.805. The first-order valence-corrected chi connectivity index (χ1v) is 7.69. The highest BCUT2D eigenvalue weighted by atomic mass is 16.5. The fourth-order valence-corrected chi connectivity index (χ4v) is 3.42. The molecule has 4 nitrogen and oxygen atoms in total. The van der Waals surface area contributed by atoms with Crippen LogP contribution in [-0.4, -0.2) is 25.4 Å². The molecular weight excluding hydrogens is 266 g/mol. The first-order valence-electron chi connectivity index (χ1n) is 7.69. The molecule has 2 bridgehead atoms. The second-order valence-corrected chi connectivity index (χ2v) is 5.77. The maximum atomic E-state index is 9.56. The molecular formula is C17H21NO3. The molecule has 2 fully saturated rings. The van der Waals surface area contributed by atoms with Gasteiger partial charge >= 0.3 is 0 Å². The lowest BCUT2D eigenvalue weighted by Crippen LogP contribution is -2.32. The Morgan fingerprint density at radius 1 is 1.29 bits per heavy atom. The molecule has 2 heterocycles. The van der Waals surface area contributed by atoms with E-state index in [-0.39, 0.29) is 17.6 Å². The van der Waals surface area contributed by atoms with E-state index in [0.29, 0.717) is 19.6 Å². The molecule has 3 rings (SSSR count). The molecule has 1 aromatic carbocycles. The Labute approximate surface area is 125 Å². The Morgan fingerprint density at radius 3 is 2.62 bits per heavy atom. The lowest BCUT2D eigenvalue weighted by Gasteiger charge is -2.28. The zero-order valence-electron chi connectivity index (χ0n) is 12.4. The van der Waals surface area contributed by atoms with Gasteiger partial charge < -0.3 is 14.2 Å². The molecule has 0 spiro atoms. The second-order valence-electron chi connectivity index (χ2n) is 5.77. The third-order valence-corrected chi connectivity index (χ3v) is 4.49. The highest BCUT2D eigenvalue weighted by molar-refractivity contribution is 5.39. The summed E-state index contributed by atoms with van der Waals surface area (Å²) in [6.45, 7) is 3.08. The van der Waals surface area contributed by atoms with Crippen LogP contribution in [0.4, 0.5) is 0 Å². The van der Waals surface area contributed by atoms with Crippen molar-refractivity contribution < 1.29 is 14.2 Å². The smallest absolute Gasteiger partial charge is 0.161 e. The van der Waals surface area contributed by atoms with E-state index in [0.717, 1.165) is 30.8 Å². The van der Waals surface area contributed by atoms with Crippen molar-refractivity contribution in [1.82, 2.24) is 0 Å². The van der Waals surface area contributed by atoms with Crippen LogP contribution in [0.15, 0.2) is 24.3 Å². The summed E-state index contributed by atoms with van der Waals surface area (Å²) >= 11 is 0. The van der Waals surface area contributed by atoms with Gasteiger partial charge in [-0.3, -0.25) is 0 Å². The van der Waals surface area contributed by atoms with E-state index < -0.39 is 0 Å². The van der Waals surface area contributed by atoms with Crippen molar-refractivity contribution in [3.05, 3.63) is 24.3 Å². The Morgan fingerprint density at radius 2 is 2.05 bits per heavy atom. The van der Waals surface area contributed by atoms with Crippen molar-refractivity contribution in [2.75, 3.05) is 13.2 Å². The van der Waals surface area contributed by atoms with E-state index in [1.54, 1.807) is 0 Å². The normalized spacial score (nSPS) is 30.1. The molecule has 0 saturated carbocycles. The summed E-state index contributed by atoms with van der Waals surface area (Å²) < 4.78 is 17.2. The fourth-order valence-electron chi connectivity index (χ4n) is 3.42. The van der Waals surface area contributed by atoms with E-state index in [9.17, 15) is 5.26 Å². The molecule has 3 unspecified atom stereocenters. The summed E-state index contributed by atoms with van der Waals surface area (Å²) in [6, 6.07) is 10.2. The molecule has 0 amide bonds. The minimum atomic E-state index is -0.358. The molecule has 2 saturated heterocycles. The maximum Gasteiger partial charge on any atom is 0.161 e. The lowest BCUT2D eigenvalue weighted by molar-refractivity contribution is 0.0712. The molecule has 0 N–H and O–H groups in total. The summed E-state index contributed by atoms with van der Waals surface area (Å²) in [6.07, 6.45) is 4.05. The fraction of sp³-hybridized carbons (Fsp3) is 0.588. The van der Waals surface area contributed by atoms with Gasteiger partial charge in [0.2, 0.25) is 0 Å². The number of nitrogens with zero attached hydrogens (tertiary/aromatic N) is 1. The third-order valence-electron chi connectivity index (χ3n) is 4.49. The first-order chi connectivity index (χ1) is 10.3. The molecule has 0 aliphatic carbocycles. The lowest BCUT2D eigenvalue weighted by atomic mass is 9.73. The number of nitriles is 1. The molecule has 2 aliphatic heterocycles. The molecule has 0 radical (unpaired) electrons. The van der Waals surface area contributed by atoms with Gasteiger partial charge in [0.15, 0.2) is 11.5 Å². The molecule has 4 heteroatoms. The van der Waals surface area contributed by atoms with E-state index in [1.165, 1.54) is 0 Å². The van der Waals surface area contributed by atoms with Gasteiger partial charge in [0.05, 0.1) is 36.9 Å². The largest absolute Gasteiger partial charge is 0.490 e. The van der Waals surface area contributed by atoms with Gasteiger partial charge in [-0.1, -0.05) is 12.1 Å². The average Bonchev–Trinajstić information content (AvgIpc) is 3.10. The number of hydrogen-bond acceptors (Lipinski definition) is 4. The molecule has 112 valence electrons. The second kappa shape index (κ2) is 5.95.